The average Bonchev–Trinajstić information content (AvgIpc) is 3.02. The number of carbonyl (C=O) groups excluding carboxylic acids is 2. The zero-order chi connectivity index (χ0) is 16.1. The van der Waals surface area contributed by atoms with E-state index in [0.29, 0.717) is 11.4 Å². The smallest absolute Gasteiger partial charge is 0.340 e. The lowest BCUT2D eigenvalue weighted by atomic mass is 10.1. The van der Waals surface area contributed by atoms with Gasteiger partial charge in [-0.2, -0.15) is 0 Å². The summed E-state index contributed by atoms with van der Waals surface area (Å²) in [5.74, 6) is -0.409. The Balaban J connectivity index is 1.88. The molecule has 6 nitrogen and oxygen atoms in total. The molecule has 0 bridgehead atoms. The second-order valence-electron chi connectivity index (χ2n) is 4.92. The first-order valence-electron chi connectivity index (χ1n) is 6.84. The van der Waals surface area contributed by atoms with E-state index in [2.05, 4.69) is 5.32 Å². The van der Waals surface area contributed by atoms with Crippen molar-refractivity contribution in [3.05, 3.63) is 53.5 Å². The van der Waals surface area contributed by atoms with Crippen LogP contribution in [0.25, 0.3) is 0 Å². The number of nitrogens with two attached hydrogens (primary N) is 1. The molecule has 0 spiro atoms. The second kappa shape index (κ2) is 6.80. The molecule has 0 aliphatic heterocycles. The van der Waals surface area contributed by atoms with Crippen molar-refractivity contribution in [2.75, 3.05) is 12.3 Å². The number of hydrogen-bond donors (Lipinski definition) is 2. The van der Waals surface area contributed by atoms with Gasteiger partial charge in [-0.05, 0) is 37.6 Å². The van der Waals surface area contributed by atoms with Crippen LogP contribution >= 0.6 is 0 Å². The minimum Gasteiger partial charge on any atom is -0.467 e. The molecular formula is C16H18N2O4. The molecule has 0 aliphatic rings. The van der Waals surface area contributed by atoms with Crippen LogP contribution in [0.4, 0.5) is 5.69 Å². The van der Waals surface area contributed by atoms with E-state index in [4.69, 9.17) is 14.9 Å². The van der Waals surface area contributed by atoms with Crippen LogP contribution in [0.15, 0.2) is 41.0 Å². The molecule has 0 saturated heterocycles. The van der Waals surface area contributed by atoms with Gasteiger partial charge < -0.3 is 20.2 Å². The number of anilines is 1. The van der Waals surface area contributed by atoms with Crippen molar-refractivity contribution in [1.29, 1.82) is 0 Å². The first-order valence-corrected chi connectivity index (χ1v) is 6.84. The van der Waals surface area contributed by atoms with E-state index >= 15 is 0 Å². The highest BCUT2D eigenvalue weighted by Gasteiger charge is 2.16. The summed E-state index contributed by atoms with van der Waals surface area (Å²) in [6.45, 7) is 3.19. The van der Waals surface area contributed by atoms with E-state index in [0.717, 1.165) is 5.56 Å². The third kappa shape index (κ3) is 3.66. The maximum Gasteiger partial charge on any atom is 0.340 e. The van der Waals surface area contributed by atoms with Gasteiger partial charge >= 0.3 is 5.97 Å². The van der Waals surface area contributed by atoms with Gasteiger partial charge in [-0.3, -0.25) is 4.79 Å². The van der Waals surface area contributed by atoms with E-state index in [1.807, 2.05) is 0 Å². The molecule has 0 unspecified atom stereocenters. The molecule has 0 fully saturated rings. The predicted molar refractivity (Wildman–Crippen MR) is 81.1 cm³/mol. The molecule has 2 rings (SSSR count). The summed E-state index contributed by atoms with van der Waals surface area (Å²) in [6, 6.07) is 8.26. The molecule has 116 valence electrons. The molecule has 0 saturated carbocycles. The number of aryl methyl sites for hydroxylation is 1. The van der Waals surface area contributed by atoms with Crippen molar-refractivity contribution >= 4 is 17.6 Å². The van der Waals surface area contributed by atoms with Gasteiger partial charge in [-0.1, -0.05) is 12.1 Å². The Morgan fingerprint density at radius 1 is 1.32 bits per heavy atom. The quantitative estimate of drug-likeness (QED) is 0.652. The standard InChI is InChI=1S/C16H18N2O4/c1-10-5-3-6-12(15(10)17)16(20)22-9-14(19)18-11(2)13-7-4-8-21-13/h3-8,11H,9,17H2,1-2H3,(H,18,19)/t11-/m1/s1. The van der Waals surface area contributed by atoms with Crippen LogP contribution in [0.5, 0.6) is 0 Å². The van der Waals surface area contributed by atoms with Crippen LogP contribution in [0.3, 0.4) is 0 Å². The van der Waals surface area contributed by atoms with Crippen LogP contribution in [0, 0.1) is 6.92 Å². The van der Waals surface area contributed by atoms with Crippen molar-refractivity contribution in [1.82, 2.24) is 5.32 Å². The molecular weight excluding hydrogens is 284 g/mol. The number of esters is 1. The predicted octanol–water partition coefficient (Wildman–Crippen LogP) is 2.20. The molecule has 1 aromatic heterocycles. The van der Waals surface area contributed by atoms with Crippen LogP contribution < -0.4 is 11.1 Å². The molecule has 2 aromatic rings. The van der Waals surface area contributed by atoms with Crippen molar-refractivity contribution in [2.24, 2.45) is 0 Å². The fourth-order valence-electron chi connectivity index (χ4n) is 1.96. The molecule has 3 N–H and O–H groups in total. The molecule has 1 amide bonds. The number of para-hydroxylation sites is 1. The molecule has 0 radical (unpaired) electrons. The van der Waals surface area contributed by atoms with Gasteiger partial charge in [-0.25, -0.2) is 4.79 Å². The Morgan fingerprint density at radius 2 is 2.09 bits per heavy atom. The minimum absolute atomic E-state index is 0.256. The van der Waals surface area contributed by atoms with Crippen LogP contribution in [-0.4, -0.2) is 18.5 Å². The summed E-state index contributed by atoms with van der Waals surface area (Å²) in [5.41, 5.74) is 7.22. The highest BCUT2D eigenvalue weighted by Crippen LogP contribution is 2.17. The molecule has 0 aliphatic carbocycles. The maximum absolute atomic E-state index is 11.9. The third-order valence-corrected chi connectivity index (χ3v) is 3.23. The van der Waals surface area contributed by atoms with Crippen LogP contribution in [-0.2, 0) is 9.53 Å². The lowest BCUT2D eigenvalue weighted by Gasteiger charge is -2.12. The zero-order valence-corrected chi connectivity index (χ0v) is 12.5. The van der Waals surface area contributed by atoms with E-state index in [9.17, 15) is 9.59 Å². The normalized spacial score (nSPS) is 11.7. The first-order chi connectivity index (χ1) is 10.5. The van der Waals surface area contributed by atoms with E-state index in [1.165, 1.54) is 6.26 Å². The van der Waals surface area contributed by atoms with Crippen molar-refractivity contribution in [2.45, 2.75) is 19.9 Å². The van der Waals surface area contributed by atoms with Crippen molar-refractivity contribution < 1.29 is 18.7 Å². The van der Waals surface area contributed by atoms with Gasteiger partial charge in [0.05, 0.1) is 17.9 Å². The fourth-order valence-corrected chi connectivity index (χ4v) is 1.96. The molecule has 1 atom stereocenters. The minimum atomic E-state index is -0.623. The Hall–Kier alpha value is -2.76. The summed E-state index contributed by atoms with van der Waals surface area (Å²) >= 11 is 0. The van der Waals surface area contributed by atoms with Gasteiger partial charge in [0.2, 0.25) is 0 Å². The lowest BCUT2D eigenvalue weighted by molar-refractivity contribution is -0.125. The maximum atomic E-state index is 11.9. The third-order valence-electron chi connectivity index (χ3n) is 3.23. The SMILES string of the molecule is Cc1cccc(C(=O)OCC(=O)N[C@H](C)c2ccco2)c1N. The Kier molecular flexibility index (Phi) is 4.83. The number of hydrogen-bond acceptors (Lipinski definition) is 5. The van der Waals surface area contributed by atoms with E-state index < -0.39 is 11.9 Å². The number of ether oxygens (including phenoxy) is 1. The van der Waals surface area contributed by atoms with Gasteiger partial charge in [-0.15, -0.1) is 0 Å². The molecule has 22 heavy (non-hydrogen) atoms. The highest BCUT2D eigenvalue weighted by atomic mass is 16.5. The van der Waals surface area contributed by atoms with Gasteiger partial charge in [0.25, 0.3) is 5.91 Å². The van der Waals surface area contributed by atoms with E-state index in [1.54, 1.807) is 44.2 Å². The summed E-state index contributed by atoms with van der Waals surface area (Å²) in [4.78, 5) is 23.7. The summed E-state index contributed by atoms with van der Waals surface area (Å²) in [6.07, 6.45) is 1.53. The topological polar surface area (TPSA) is 94.6 Å². The number of benzene rings is 1. The number of rotatable bonds is 5. The van der Waals surface area contributed by atoms with Crippen LogP contribution in [0.2, 0.25) is 0 Å². The van der Waals surface area contributed by atoms with Gasteiger partial charge in [0.15, 0.2) is 6.61 Å². The summed E-state index contributed by atoms with van der Waals surface area (Å²) in [5, 5.41) is 2.67. The van der Waals surface area contributed by atoms with E-state index in [-0.39, 0.29) is 18.2 Å². The average molecular weight is 302 g/mol. The first kappa shape index (κ1) is 15.6. The largest absolute Gasteiger partial charge is 0.467 e. The lowest BCUT2D eigenvalue weighted by Crippen LogP contribution is -2.31. The number of nitrogen functional groups attached to an aromatic ring is 1. The molecule has 1 heterocycles. The van der Waals surface area contributed by atoms with Crippen molar-refractivity contribution in [3.63, 3.8) is 0 Å². The highest BCUT2D eigenvalue weighted by molar-refractivity contribution is 5.96. The van der Waals surface area contributed by atoms with Crippen LogP contribution in [0.1, 0.15) is 34.6 Å². The Bertz CT molecular complexity index is 665. The number of nitrogens with one attached hydrogen (secondary N) is 1. The number of amides is 1. The number of carbonyl (C=O) groups is 2. The van der Waals surface area contributed by atoms with Crippen molar-refractivity contribution in [3.8, 4) is 0 Å². The second-order valence-corrected chi connectivity index (χ2v) is 4.92. The number of furan rings is 1. The van der Waals surface area contributed by atoms with Gasteiger partial charge in [0, 0.05) is 5.69 Å². The summed E-state index contributed by atoms with van der Waals surface area (Å²) in [7, 11) is 0. The fraction of sp³-hybridized carbons (Fsp3) is 0.250. The zero-order valence-electron chi connectivity index (χ0n) is 12.5. The Morgan fingerprint density at radius 3 is 2.77 bits per heavy atom. The monoisotopic (exact) mass is 302 g/mol. The van der Waals surface area contributed by atoms with Gasteiger partial charge in [0.1, 0.15) is 5.76 Å². The Labute approximate surface area is 128 Å². The molecule has 6 heteroatoms. The molecule has 1 aromatic carbocycles. The summed E-state index contributed by atoms with van der Waals surface area (Å²) < 4.78 is 10.2.